The van der Waals surface area contributed by atoms with Crippen LogP contribution in [0.3, 0.4) is 0 Å². The normalized spacial score (nSPS) is 24.8. The summed E-state index contributed by atoms with van der Waals surface area (Å²) < 4.78 is 3.34. The standard InChI is InChI=1S/C15H26BrN3/c1-4-9-19-15(13(16)10-18-19)14(17-5-2)12-8-6-7-11(12)3/h10-12,14,17H,4-9H2,1-3H3. The molecule has 0 aromatic carbocycles. The molecule has 3 nitrogen and oxygen atoms in total. The van der Waals surface area contributed by atoms with Gasteiger partial charge in [-0.3, -0.25) is 4.68 Å². The monoisotopic (exact) mass is 327 g/mol. The van der Waals surface area contributed by atoms with Crippen LogP contribution in [0.25, 0.3) is 0 Å². The molecule has 1 heterocycles. The summed E-state index contributed by atoms with van der Waals surface area (Å²) in [5.74, 6) is 1.55. The number of hydrogen-bond acceptors (Lipinski definition) is 2. The molecule has 1 fully saturated rings. The molecule has 1 aliphatic carbocycles. The summed E-state index contributed by atoms with van der Waals surface area (Å²) in [6.07, 6.45) is 7.15. The van der Waals surface area contributed by atoms with Crippen molar-refractivity contribution in [2.45, 2.75) is 59.0 Å². The Morgan fingerprint density at radius 2 is 2.26 bits per heavy atom. The van der Waals surface area contributed by atoms with E-state index in [4.69, 9.17) is 0 Å². The van der Waals surface area contributed by atoms with Crippen molar-refractivity contribution >= 4 is 15.9 Å². The zero-order valence-corrected chi connectivity index (χ0v) is 13.9. The molecule has 1 aromatic heterocycles. The average Bonchev–Trinajstić information content (AvgIpc) is 2.95. The largest absolute Gasteiger partial charge is 0.309 e. The molecule has 0 aliphatic heterocycles. The van der Waals surface area contributed by atoms with Crippen LogP contribution >= 0.6 is 15.9 Å². The number of aryl methyl sites for hydroxylation is 1. The van der Waals surface area contributed by atoms with Gasteiger partial charge in [-0.2, -0.15) is 5.10 Å². The zero-order chi connectivity index (χ0) is 13.8. The van der Waals surface area contributed by atoms with Crippen molar-refractivity contribution in [3.63, 3.8) is 0 Å². The highest BCUT2D eigenvalue weighted by Crippen LogP contribution is 2.41. The van der Waals surface area contributed by atoms with Gasteiger partial charge < -0.3 is 5.32 Å². The Balaban J connectivity index is 2.30. The van der Waals surface area contributed by atoms with Gasteiger partial charge in [0.05, 0.1) is 22.4 Å². The van der Waals surface area contributed by atoms with Crippen LogP contribution in [0.1, 0.15) is 58.2 Å². The number of halogens is 1. The summed E-state index contributed by atoms with van der Waals surface area (Å²) in [5, 5.41) is 8.24. The summed E-state index contributed by atoms with van der Waals surface area (Å²) >= 11 is 3.70. The van der Waals surface area contributed by atoms with Crippen LogP contribution in [-0.4, -0.2) is 16.3 Å². The molecule has 3 unspecified atom stereocenters. The number of aromatic nitrogens is 2. The Morgan fingerprint density at radius 3 is 2.84 bits per heavy atom. The van der Waals surface area contributed by atoms with Gasteiger partial charge in [0.15, 0.2) is 0 Å². The predicted octanol–water partition coefficient (Wildman–Crippen LogP) is 4.14. The highest BCUT2D eigenvalue weighted by molar-refractivity contribution is 9.10. The smallest absolute Gasteiger partial charge is 0.0698 e. The van der Waals surface area contributed by atoms with E-state index in [9.17, 15) is 0 Å². The molecule has 1 saturated carbocycles. The van der Waals surface area contributed by atoms with E-state index in [0.29, 0.717) is 6.04 Å². The first-order chi connectivity index (χ1) is 9.19. The van der Waals surface area contributed by atoms with Crippen LogP contribution in [0.4, 0.5) is 0 Å². The zero-order valence-electron chi connectivity index (χ0n) is 12.3. The van der Waals surface area contributed by atoms with Crippen molar-refractivity contribution in [1.29, 1.82) is 0 Å². The highest BCUT2D eigenvalue weighted by Gasteiger charge is 2.34. The maximum Gasteiger partial charge on any atom is 0.0698 e. The van der Waals surface area contributed by atoms with Crippen LogP contribution in [0.5, 0.6) is 0 Å². The molecule has 0 spiro atoms. The van der Waals surface area contributed by atoms with Crippen molar-refractivity contribution in [1.82, 2.24) is 15.1 Å². The van der Waals surface area contributed by atoms with E-state index >= 15 is 0 Å². The van der Waals surface area contributed by atoms with E-state index in [0.717, 1.165) is 35.8 Å². The molecule has 108 valence electrons. The molecule has 1 N–H and O–H groups in total. The van der Waals surface area contributed by atoms with Crippen molar-refractivity contribution in [3.8, 4) is 0 Å². The van der Waals surface area contributed by atoms with Gasteiger partial charge in [0, 0.05) is 6.54 Å². The Bertz CT molecular complexity index is 402. The van der Waals surface area contributed by atoms with E-state index in [1.165, 1.54) is 25.0 Å². The number of nitrogens with one attached hydrogen (secondary N) is 1. The molecule has 0 amide bonds. The van der Waals surface area contributed by atoms with E-state index < -0.39 is 0 Å². The van der Waals surface area contributed by atoms with Gasteiger partial charge in [0.2, 0.25) is 0 Å². The molecule has 19 heavy (non-hydrogen) atoms. The molecule has 0 saturated heterocycles. The molecular formula is C15H26BrN3. The SMILES string of the molecule is CCCn1ncc(Br)c1C(NCC)C1CCCC1C. The van der Waals surface area contributed by atoms with Gasteiger partial charge in [0.1, 0.15) is 0 Å². The third-order valence-electron chi connectivity index (χ3n) is 4.34. The number of hydrogen-bond donors (Lipinski definition) is 1. The van der Waals surface area contributed by atoms with Crippen LogP contribution in [-0.2, 0) is 6.54 Å². The van der Waals surface area contributed by atoms with Gasteiger partial charge in [-0.05, 0) is 47.2 Å². The summed E-state index contributed by atoms with van der Waals surface area (Å²) in [5.41, 5.74) is 1.35. The van der Waals surface area contributed by atoms with E-state index in [-0.39, 0.29) is 0 Å². The highest BCUT2D eigenvalue weighted by atomic mass is 79.9. The number of rotatable bonds is 6. The van der Waals surface area contributed by atoms with E-state index in [2.05, 4.69) is 51.8 Å². The molecule has 0 radical (unpaired) electrons. The molecule has 1 aromatic rings. The first kappa shape index (κ1) is 15.0. The second-order valence-electron chi connectivity index (χ2n) is 5.71. The lowest BCUT2D eigenvalue weighted by molar-refractivity contribution is 0.289. The summed E-state index contributed by atoms with van der Waals surface area (Å²) in [4.78, 5) is 0. The van der Waals surface area contributed by atoms with Crippen molar-refractivity contribution in [2.24, 2.45) is 11.8 Å². The van der Waals surface area contributed by atoms with Gasteiger partial charge in [-0.25, -0.2) is 0 Å². The summed E-state index contributed by atoms with van der Waals surface area (Å²) in [6, 6.07) is 0.436. The molecule has 1 aliphatic rings. The van der Waals surface area contributed by atoms with Crippen LogP contribution in [0, 0.1) is 11.8 Å². The van der Waals surface area contributed by atoms with E-state index in [1.54, 1.807) is 0 Å². The first-order valence-electron chi connectivity index (χ1n) is 7.63. The lowest BCUT2D eigenvalue weighted by atomic mass is 9.88. The average molecular weight is 328 g/mol. The fourth-order valence-electron chi connectivity index (χ4n) is 3.41. The topological polar surface area (TPSA) is 29.9 Å². The fraction of sp³-hybridized carbons (Fsp3) is 0.800. The van der Waals surface area contributed by atoms with Crippen molar-refractivity contribution < 1.29 is 0 Å². The maximum absolute atomic E-state index is 4.53. The Kier molecular flexibility index (Phi) is 5.46. The summed E-state index contributed by atoms with van der Waals surface area (Å²) in [7, 11) is 0. The van der Waals surface area contributed by atoms with Gasteiger partial charge in [-0.1, -0.05) is 33.6 Å². The quantitative estimate of drug-likeness (QED) is 0.850. The molecule has 4 heteroatoms. The lowest BCUT2D eigenvalue weighted by Gasteiger charge is -2.29. The lowest BCUT2D eigenvalue weighted by Crippen LogP contribution is -2.32. The summed E-state index contributed by atoms with van der Waals surface area (Å²) in [6.45, 7) is 8.82. The first-order valence-corrected chi connectivity index (χ1v) is 8.42. The minimum atomic E-state index is 0.436. The third kappa shape index (κ3) is 3.22. The molecule has 2 rings (SSSR count). The van der Waals surface area contributed by atoms with Gasteiger partial charge in [-0.15, -0.1) is 0 Å². The Labute approximate surface area is 125 Å². The predicted molar refractivity (Wildman–Crippen MR) is 83.1 cm³/mol. The molecule has 3 atom stereocenters. The van der Waals surface area contributed by atoms with Gasteiger partial charge in [0.25, 0.3) is 0 Å². The maximum atomic E-state index is 4.53. The minimum Gasteiger partial charge on any atom is -0.309 e. The van der Waals surface area contributed by atoms with Crippen molar-refractivity contribution in [3.05, 3.63) is 16.4 Å². The fourth-order valence-corrected chi connectivity index (χ4v) is 3.95. The molecular weight excluding hydrogens is 302 g/mol. The van der Waals surface area contributed by atoms with Crippen LogP contribution in [0.2, 0.25) is 0 Å². The Morgan fingerprint density at radius 1 is 1.47 bits per heavy atom. The van der Waals surface area contributed by atoms with Crippen LogP contribution < -0.4 is 5.32 Å². The molecule has 0 bridgehead atoms. The second kappa shape index (κ2) is 6.89. The minimum absolute atomic E-state index is 0.436. The van der Waals surface area contributed by atoms with Gasteiger partial charge >= 0.3 is 0 Å². The number of nitrogens with zero attached hydrogens (tertiary/aromatic N) is 2. The van der Waals surface area contributed by atoms with E-state index in [1.807, 2.05) is 6.20 Å². The Hall–Kier alpha value is -0.350. The van der Waals surface area contributed by atoms with Crippen LogP contribution in [0.15, 0.2) is 10.7 Å². The second-order valence-corrected chi connectivity index (χ2v) is 6.56. The third-order valence-corrected chi connectivity index (χ3v) is 4.95. The van der Waals surface area contributed by atoms with Crippen molar-refractivity contribution in [2.75, 3.05) is 6.54 Å².